The molecule has 1 fully saturated rings. The molecule has 3 amide bonds. The van der Waals surface area contributed by atoms with Crippen LogP contribution in [0.5, 0.6) is 5.75 Å². The molecule has 0 unspecified atom stereocenters. The molecule has 1 aliphatic heterocycles. The van der Waals surface area contributed by atoms with Crippen LogP contribution in [0.25, 0.3) is 0 Å². The highest BCUT2D eigenvalue weighted by molar-refractivity contribution is 6.07. The summed E-state index contributed by atoms with van der Waals surface area (Å²) in [5.41, 5.74) is 1.59. The molecular formula is C23H27N3O4. The number of anilines is 2. The van der Waals surface area contributed by atoms with E-state index in [2.05, 4.69) is 10.6 Å². The summed E-state index contributed by atoms with van der Waals surface area (Å²) in [6.07, 6.45) is 0.953. The summed E-state index contributed by atoms with van der Waals surface area (Å²) < 4.78 is 5.43. The summed E-state index contributed by atoms with van der Waals surface area (Å²) in [7, 11) is 0. The number of nitrogens with one attached hydrogen (secondary N) is 2. The maximum atomic E-state index is 12.8. The molecule has 0 bridgehead atoms. The van der Waals surface area contributed by atoms with E-state index in [0.29, 0.717) is 30.9 Å². The molecule has 2 aromatic rings. The highest BCUT2D eigenvalue weighted by atomic mass is 16.5. The first kappa shape index (κ1) is 21.4. The number of nitrogens with zero attached hydrogens (tertiary/aromatic N) is 1. The number of hydrogen-bond donors (Lipinski definition) is 2. The molecule has 0 aliphatic carbocycles. The Morgan fingerprint density at radius 3 is 2.53 bits per heavy atom. The third-order valence-corrected chi connectivity index (χ3v) is 4.92. The second kappa shape index (κ2) is 9.91. The predicted octanol–water partition coefficient (Wildman–Crippen LogP) is 3.22. The second-order valence-electron chi connectivity index (χ2n) is 7.12. The summed E-state index contributed by atoms with van der Waals surface area (Å²) >= 11 is 0. The third-order valence-electron chi connectivity index (χ3n) is 4.92. The molecule has 1 atom stereocenters. The van der Waals surface area contributed by atoms with Crippen LogP contribution >= 0.6 is 0 Å². The Balaban J connectivity index is 1.67. The van der Waals surface area contributed by atoms with Gasteiger partial charge in [-0.15, -0.1) is 0 Å². The molecule has 1 aliphatic rings. The van der Waals surface area contributed by atoms with E-state index in [9.17, 15) is 14.4 Å². The van der Waals surface area contributed by atoms with Crippen LogP contribution in [0.3, 0.4) is 0 Å². The van der Waals surface area contributed by atoms with Crippen LogP contribution < -0.4 is 20.3 Å². The molecule has 30 heavy (non-hydrogen) atoms. The van der Waals surface area contributed by atoms with E-state index in [1.54, 1.807) is 29.2 Å². The molecule has 2 aromatic carbocycles. The smallest absolute Gasteiger partial charge is 0.253 e. The largest absolute Gasteiger partial charge is 0.494 e. The first-order chi connectivity index (χ1) is 14.5. The highest BCUT2D eigenvalue weighted by Crippen LogP contribution is 2.28. The average Bonchev–Trinajstić information content (AvgIpc) is 3.15. The predicted molar refractivity (Wildman–Crippen MR) is 116 cm³/mol. The summed E-state index contributed by atoms with van der Waals surface area (Å²) in [5, 5.41) is 5.65. The van der Waals surface area contributed by atoms with Crippen molar-refractivity contribution in [1.29, 1.82) is 0 Å². The summed E-state index contributed by atoms with van der Waals surface area (Å²) in [6, 6.07) is 14.1. The maximum absolute atomic E-state index is 12.8. The van der Waals surface area contributed by atoms with E-state index in [-0.39, 0.29) is 24.1 Å². The summed E-state index contributed by atoms with van der Waals surface area (Å²) in [5.74, 6) is -0.358. The fourth-order valence-electron chi connectivity index (χ4n) is 3.38. The molecule has 7 heteroatoms. The molecule has 0 aromatic heterocycles. The molecule has 1 heterocycles. The Morgan fingerprint density at radius 1 is 1.10 bits per heavy atom. The van der Waals surface area contributed by atoms with Gasteiger partial charge in [0.05, 0.1) is 23.8 Å². The van der Waals surface area contributed by atoms with Crippen molar-refractivity contribution < 1.29 is 19.1 Å². The van der Waals surface area contributed by atoms with E-state index in [4.69, 9.17) is 4.74 Å². The first-order valence-electron chi connectivity index (χ1n) is 10.2. The fraction of sp³-hybridized carbons (Fsp3) is 0.348. The number of ether oxygens (including phenoxy) is 1. The Bertz CT molecular complexity index is 911. The second-order valence-corrected chi connectivity index (χ2v) is 7.12. The lowest BCUT2D eigenvalue weighted by molar-refractivity contribution is -0.122. The molecular weight excluding hydrogens is 382 g/mol. The standard InChI is InChI=1S/C23H27N3O4/c1-3-13-24-23(29)19-7-5-6-8-20(19)25-22(28)16-14-21(27)26(15-16)17-9-11-18(12-10-17)30-4-2/h5-12,16H,3-4,13-15H2,1-2H3,(H,24,29)(H,25,28)/t16-/m0/s1. The number of carbonyl (C=O) groups excluding carboxylic acids is 3. The van der Waals surface area contributed by atoms with Gasteiger partial charge in [-0.05, 0) is 49.7 Å². The number of benzene rings is 2. The highest BCUT2D eigenvalue weighted by Gasteiger charge is 2.35. The number of amides is 3. The lowest BCUT2D eigenvalue weighted by atomic mass is 10.1. The van der Waals surface area contributed by atoms with Gasteiger partial charge in [0, 0.05) is 25.2 Å². The van der Waals surface area contributed by atoms with E-state index < -0.39 is 5.92 Å². The van der Waals surface area contributed by atoms with Gasteiger partial charge in [0.25, 0.3) is 5.91 Å². The number of hydrogen-bond acceptors (Lipinski definition) is 4. The molecule has 0 saturated carbocycles. The summed E-state index contributed by atoms with van der Waals surface area (Å²) in [4.78, 5) is 39.3. The Kier molecular flexibility index (Phi) is 7.06. The van der Waals surface area contributed by atoms with Crippen LogP contribution in [0.2, 0.25) is 0 Å². The minimum absolute atomic E-state index is 0.103. The average molecular weight is 409 g/mol. The van der Waals surface area contributed by atoms with Crippen molar-refractivity contribution in [1.82, 2.24) is 5.32 Å². The zero-order valence-corrected chi connectivity index (χ0v) is 17.3. The zero-order valence-electron chi connectivity index (χ0n) is 17.3. The van der Waals surface area contributed by atoms with Crippen LogP contribution in [-0.4, -0.2) is 37.4 Å². The van der Waals surface area contributed by atoms with Gasteiger partial charge in [0.1, 0.15) is 5.75 Å². The van der Waals surface area contributed by atoms with E-state index in [1.165, 1.54) is 0 Å². The van der Waals surface area contributed by atoms with Gasteiger partial charge in [-0.2, -0.15) is 0 Å². The zero-order chi connectivity index (χ0) is 21.5. The molecule has 0 radical (unpaired) electrons. The number of rotatable bonds is 8. The molecule has 2 N–H and O–H groups in total. The van der Waals surface area contributed by atoms with Crippen LogP contribution in [0, 0.1) is 5.92 Å². The topological polar surface area (TPSA) is 87.7 Å². The van der Waals surface area contributed by atoms with Crippen molar-refractivity contribution in [2.24, 2.45) is 5.92 Å². The van der Waals surface area contributed by atoms with Crippen molar-refractivity contribution in [2.75, 3.05) is 29.9 Å². The van der Waals surface area contributed by atoms with Crippen LogP contribution in [0.1, 0.15) is 37.0 Å². The van der Waals surface area contributed by atoms with Crippen molar-refractivity contribution in [3.05, 3.63) is 54.1 Å². The summed E-state index contributed by atoms with van der Waals surface area (Å²) in [6.45, 7) is 5.31. The lowest BCUT2D eigenvalue weighted by Crippen LogP contribution is -2.29. The first-order valence-corrected chi connectivity index (χ1v) is 10.2. The monoisotopic (exact) mass is 409 g/mol. The SMILES string of the molecule is CCCNC(=O)c1ccccc1NC(=O)[C@H]1CC(=O)N(c2ccc(OCC)cc2)C1. The molecule has 7 nitrogen and oxygen atoms in total. The molecule has 1 saturated heterocycles. The van der Waals surface area contributed by atoms with Crippen molar-refractivity contribution >= 4 is 29.1 Å². The van der Waals surface area contributed by atoms with Gasteiger partial charge in [-0.25, -0.2) is 0 Å². The van der Waals surface area contributed by atoms with Crippen LogP contribution in [0.4, 0.5) is 11.4 Å². The van der Waals surface area contributed by atoms with Crippen LogP contribution in [0.15, 0.2) is 48.5 Å². The van der Waals surface area contributed by atoms with Gasteiger partial charge in [0.15, 0.2) is 0 Å². The molecule has 158 valence electrons. The Hall–Kier alpha value is -3.35. The lowest BCUT2D eigenvalue weighted by Gasteiger charge is -2.17. The normalized spacial score (nSPS) is 15.7. The number of para-hydroxylation sites is 1. The van der Waals surface area contributed by atoms with E-state index in [1.807, 2.05) is 38.1 Å². The van der Waals surface area contributed by atoms with Crippen LogP contribution in [-0.2, 0) is 9.59 Å². The maximum Gasteiger partial charge on any atom is 0.253 e. The van der Waals surface area contributed by atoms with Gasteiger partial charge in [-0.3, -0.25) is 14.4 Å². The minimum atomic E-state index is -0.490. The van der Waals surface area contributed by atoms with Gasteiger partial charge >= 0.3 is 0 Å². The van der Waals surface area contributed by atoms with Crippen molar-refractivity contribution in [2.45, 2.75) is 26.7 Å². The van der Waals surface area contributed by atoms with Crippen molar-refractivity contribution in [3.63, 3.8) is 0 Å². The molecule has 3 rings (SSSR count). The fourth-order valence-corrected chi connectivity index (χ4v) is 3.38. The van der Waals surface area contributed by atoms with Gasteiger partial charge < -0.3 is 20.3 Å². The number of carbonyl (C=O) groups is 3. The Morgan fingerprint density at radius 2 is 1.83 bits per heavy atom. The van der Waals surface area contributed by atoms with E-state index >= 15 is 0 Å². The van der Waals surface area contributed by atoms with E-state index in [0.717, 1.165) is 17.9 Å². The Labute approximate surface area is 176 Å². The van der Waals surface area contributed by atoms with Gasteiger partial charge in [-0.1, -0.05) is 19.1 Å². The van der Waals surface area contributed by atoms with Gasteiger partial charge in [0.2, 0.25) is 11.8 Å². The van der Waals surface area contributed by atoms with Crippen molar-refractivity contribution in [3.8, 4) is 5.75 Å². The molecule has 0 spiro atoms. The minimum Gasteiger partial charge on any atom is -0.494 e. The third kappa shape index (κ3) is 4.97. The quantitative estimate of drug-likeness (QED) is 0.701.